The van der Waals surface area contributed by atoms with Gasteiger partial charge in [-0.15, -0.1) is 0 Å². The Morgan fingerprint density at radius 1 is 1.29 bits per heavy atom. The van der Waals surface area contributed by atoms with Gasteiger partial charge in [0.2, 0.25) is 5.43 Å². The van der Waals surface area contributed by atoms with E-state index in [2.05, 4.69) is 18.9 Å². The van der Waals surface area contributed by atoms with Crippen molar-refractivity contribution in [3.8, 4) is 5.75 Å². The van der Waals surface area contributed by atoms with Gasteiger partial charge in [0.25, 0.3) is 5.91 Å². The molecule has 130 valence electrons. The Bertz CT molecular complexity index is 723. The molecule has 0 N–H and O–H groups in total. The molecule has 3 heterocycles. The lowest BCUT2D eigenvalue weighted by Gasteiger charge is -2.50. The van der Waals surface area contributed by atoms with Crippen molar-refractivity contribution in [1.82, 2.24) is 14.4 Å². The van der Waals surface area contributed by atoms with E-state index < -0.39 is 0 Å². The summed E-state index contributed by atoms with van der Waals surface area (Å²) in [6, 6.07) is 1.55. The molecule has 1 saturated heterocycles. The van der Waals surface area contributed by atoms with E-state index in [0.717, 1.165) is 45.2 Å². The molecule has 1 aromatic rings. The van der Waals surface area contributed by atoms with Gasteiger partial charge in [-0.1, -0.05) is 13.3 Å². The number of carbonyl (C=O) groups excluding carboxylic acids is 1. The van der Waals surface area contributed by atoms with Crippen LogP contribution in [0.3, 0.4) is 0 Å². The van der Waals surface area contributed by atoms with Crippen LogP contribution in [0.4, 0.5) is 0 Å². The minimum Gasteiger partial charge on any atom is -0.487 e. The Labute approximate surface area is 142 Å². The summed E-state index contributed by atoms with van der Waals surface area (Å²) < 4.78 is 7.82. The lowest BCUT2D eigenvalue weighted by Crippen LogP contribution is -2.64. The van der Waals surface area contributed by atoms with Crippen LogP contribution in [0, 0.1) is 0 Å². The second-order valence-electron chi connectivity index (χ2n) is 7.24. The van der Waals surface area contributed by atoms with Gasteiger partial charge in [0.05, 0.1) is 12.1 Å². The molecular formula is C18H25N3O3. The van der Waals surface area contributed by atoms with Crippen molar-refractivity contribution in [2.75, 3.05) is 26.7 Å². The summed E-state index contributed by atoms with van der Waals surface area (Å²) >= 11 is 0. The molecule has 2 fully saturated rings. The summed E-state index contributed by atoms with van der Waals surface area (Å²) in [6.07, 6.45) is 6.81. The summed E-state index contributed by atoms with van der Waals surface area (Å²) in [5.74, 6) is 0.183. The van der Waals surface area contributed by atoms with Crippen LogP contribution in [-0.4, -0.2) is 53.2 Å². The lowest BCUT2D eigenvalue weighted by molar-refractivity contribution is -0.0258. The van der Waals surface area contributed by atoms with Crippen molar-refractivity contribution >= 4 is 5.91 Å². The summed E-state index contributed by atoms with van der Waals surface area (Å²) in [4.78, 5) is 29.8. The maximum absolute atomic E-state index is 13.2. The molecule has 24 heavy (non-hydrogen) atoms. The number of pyridine rings is 1. The smallest absolute Gasteiger partial charge is 0.275 e. The molecule has 1 unspecified atom stereocenters. The van der Waals surface area contributed by atoms with Crippen molar-refractivity contribution in [2.24, 2.45) is 0 Å². The zero-order chi connectivity index (χ0) is 16.9. The number of fused-ring (bicyclic) bond motifs is 4. The van der Waals surface area contributed by atoms with E-state index in [0.29, 0.717) is 12.3 Å². The number of unbranched alkanes of at least 4 members (excludes halogenated alkanes) is 1. The molecule has 1 spiro atoms. The van der Waals surface area contributed by atoms with Gasteiger partial charge in [-0.2, -0.15) is 0 Å². The first-order valence-electron chi connectivity index (χ1n) is 9.00. The first-order chi connectivity index (χ1) is 11.6. The highest BCUT2D eigenvalue weighted by Crippen LogP contribution is 2.53. The van der Waals surface area contributed by atoms with Crippen molar-refractivity contribution < 1.29 is 9.53 Å². The van der Waals surface area contributed by atoms with Gasteiger partial charge in [0.1, 0.15) is 6.17 Å². The van der Waals surface area contributed by atoms with E-state index in [1.54, 1.807) is 12.3 Å². The van der Waals surface area contributed by atoms with Crippen LogP contribution in [0.15, 0.2) is 17.1 Å². The third kappa shape index (κ3) is 2.12. The molecule has 1 amide bonds. The van der Waals surface area contributed by atoms with Gasteiger partial charge in [-0.25, -0.2) is 0 Å². The van der Waals surface area contributed by atoms with Crippen LogP contribution in [0.5, 0.6) is 5.75 Å². The number of rotatable bonds is 4. The quantitative estimate of drug-likeness (QED) is 0.787. The van der Waals surface area contributed by atoms with Crippen LogP contribution >= 0.6 is 0 Å². The van der Waals surface area contributed by atoms with Crippen molar-refractivity contribution in [3.05, 3.63) is 28.2 Å². The number of nitrogens with zero attached hydrogens (tertiary/aromatic N) is 3. The molecule has 1 aliphatic carbocycles. The van der Waals surface area contributed by atoms with Gasteiger partial charge in [0.15, 0.2) is 11.4 Å². The average molecular weight is 331 g/mol. The Kier molecular flexibility index (Phi) is 3.67. The minimum absolute atomic E-state index is 0.0618. The van der Waals surface area contributed by atoms with E-state index >= 15 is 0 Å². The van der Waals surface area contributed by atoms with Crippen LogP contribution in [0.25, 0.3) is 0 Å². The Morgan fingerprint density at radius 2 is 2.08 bits per heavy atom. The highest BCUT2D eigenvalue weighted by molar-refractivity contribution is 5.96. The van der Waals surface area contributed by atoms with Gasteiger partial charge < -0.3 is 14.2 Å². The Hall–Kier alpha value is -1.82. The van der Waals surface area contributed by atoms with Gasteiger partial charge in [-0.3, -0.25) is 14.5 Å². The van der Waals surface area contributed by atoms with Crippen molar-refractivity contribution in [1.29, 1.82) is 0 Å². The number of amides is 1. The first kappa shape index (κ1) is 15.7. The van der Waals surface area contributed by atoms with Gasteiger partial charge in [-0.05, 0) is 32.7 Å². The monoisotopic (exact) mass is 331 g/mol. The zero-order valence-electron chi connectivity index (χ0n) is 14.5. The molecule has 0 aromatic carbocycles. The number of likely N-dealkylation sites (N-methyl/N-ethyl adjacent to an activating group) is 1. The fraction of sp³-hybridized carbons (Fsp3) is 0.667. The SMILES string of the molecule is CCCCOc1c2n(ccc1=O)C1(CC1)C1N(C)CCCN1C2=O. The maximum Gasteiger partial charge on any atom is 0.275 e. The third-order valence-corrected chi connectivity index (χ3v) is 5.61. The zero-order valence-corrected chi connectivity index (χ0v) is 14.5. The average Bonchev–Trinajstić information content (AvgIpc) is 3.35. The molecule has 0 bridgehead atoms. The Balaban J connectivity index is 1.83. The highest BCUT2D eigenvalue weighted by atomic mass is 16.5. The number of aromatic nitrogens is 1. The second kappa shape index (κ2) is 5.62. The molecule has 6 heteroatoms. The first-order valence-corrected chi connectivity index (χ1v) is 9.00. The lowest BCUT2D eigenvalue weighted by atomic mass is 10.00. The molecule has 1 aromatic heterocycles. The molecule has 1 atom stereocenters. The van der Waals surface area contributed by atoms with Crippen LogP contribution in [-0.2, 0) is 5.54 Å². The van der Waals surface area contributed by atoms with Gasteiger partial charge in [0, 0.05) is 25.4 Å². The molecule has 6 nitrogen and oxygen atoms in total. The maximum atomic E-state index is 13.2. The van der Waals surface area contributed by atoms with Crippen LogP contribution < -0.4 is 10.2 Å². The Morgan fingerprint density at radius 3 is 2.79 bits per heavy atom. The summed E-state index contributed by atoms with van der Waals surface area (Å²) in [7, 11) is 2.09. The fourth-order valence-corrected chi connectivity index (χ4v) is 4.32. The number of hydrogen-bond donors (Lipinski definition) is 0. The largest absolute Gasteiger partial charge is 0.487 e. The minimum atomic E-state index is -0.190. The van der Waals surface area contributed by atoms with Crippen molar-refractivity contribution in [3.63, 3.8) is 0 Å². The molecular weight excluding hydrogens is 306 g/mol. The molecule has 4 rings (SSSR count). The standard InChI is InChI=1S/C18H25N3O3/c1-3-4-12-24-15-13(22)6-11-21-14(15)16(23)20-10-5-9-19(2)17(20)18(21)7-8-18/h6,11,17H,3-5,7-10,12H2,1-2H3. The van der Waals surface area contributed by atoms with Gasteiger partial charge >= 0.3 is 0 Å². The number of hydrogen-bond acceptors (Lipinski definition) is 4. The predicted octanol–water partition coefficient (Wildman–Crippen LogP) is 1.63. The van der Waals surface area contributed by atoms with Crippen LogP contribution in [0.2, 0.25) is 0 Å². The van der Waals surface area contributed by atoms with E-state index in [9.17, 15) is 9.59 Å². The van der Waals surface area contributed by atoms with E-state index in [1.807, 2.05) is 9.47 Å². The van der Waals surface area contributed by atoms with Crippen molar-refractivity contribution in [2.45, 2.75) is 50.7 Å². The van der Waals surface area contributed by atoms with E-state index in [-0.39, 0.29) is 28.8 Å². The summed E-state index contributed by atoms with van der Waals surface area (Å²) in [5.41, 5.74) is 0.183. The summed E-state index contributed by atoms with van der Waals surface area (Å²) in [5, 5.41) is 0. The van der Waals surface area contributed by atoms with E-state index in [4.69, 9.17) is 4.74 Å². The van der Waals surface area contributed by atoms with E-state index in [1.165, 1.54) is 0 Å². The molecule has 2 aliphatic heterocycles. The predicted molar refractivity (Wildman–Crippen MR) is 90.4 cm³/mol. The highest BCUT2D eigenvalue weighted by Gasteiger charge is 2.60. The molecule has 1 saturated carbocycles. The third-order valence-electron chi connectivity index (χ3n) is 5.61. The number of carbonyl (C=O) groups is 1. The fourth-order valence-electron chi connectivity index (χ4n) is 4.32. The number of ether oxygens (including phenoxy) is 1. The topological polar surface area (TPSA) is 54.8 Å². The normalized spacial score (nSPS) is 24.7. The summed E-state index contributed by atoms with van der Waals surface area (Å²) in [6.45, 7) is 4.32. The van der Waals surface area contributed by atoms with Crippen LogP contribution in [0.1, 0.15) is 49.5 Å². The molecule has 3 aliphatic rings. The molecule has 0 radical (unpaired) electrons. The second-order valence-corrected chi connectivity index (χ2v) is 7.24.